The molecule has 0 saturated carbocycles. The molecule has 0 spiro atoms. The van der Waals surface area contributed by atoms with E-state index in [0.29, 0.717) is 5.56 Å². The van der Waals surface area contributed by atoms with Gasteiger partial charge in [-0.3, -0.25) is 14.5 Å². The molecule has 4 rings (SSSR count). The number of benzene rings is 2. The molecular weight excluding hydrogens is 342 g/mol. The van der Waals surface area contributed by atoms with Crippen LogP contribution in [0, 0.1) is 0 Å². The van der Waals surface area contributed by atoms with Gasteiger partial charge in [0.1, 0.15) is 12.1 Å². The first kappa shape index (κ1) is 17.3. The van der Waals surface area contributed by atoms with Gasteiger partial charge in [0, 0.05) is 11.7 Å². The lowest BCUT2D eigenvalue weighted by atomic mass is 9.92. The molecule has 27 heavy (non-hydrogen) atoms. The van der Waals surface area contributed by atoms with Gasteiger partial charge in [0.25, 0.3) is 5.91 Å². The van der Waals surface area contributed by atoms with Gasteiger partial charge in [-0.2, -0.15) is 0 Å². The molecule has 4 amide bonds. The van der Waals surface area contributed by atoms with Gasteiger partial charge in [-0.05, 0) is 37.5 Å². The monoisotopic (exact) mass is 363 g/mol. The molecule has 2 heterocycles. The van der Waals surface area contributed by atoms with Crippen molar-refractivity contribution in [2.24, 2.45) is 0 Å². The zero-order valence-electron chi connectivity index (χ0n) is 15.3. The molecule has 0 aliphatic carbocycles. The summed E-state index contributed by atoms with van der Waals surface area (Å²) in [6.45, 7) is 3.37. The van der Waals surface area contributed by atoms with Crippen molar-refractivity contribution in [1.82, 2.24) is 10.2 Å². The number of para-hydroxylation sites is 1. The fraction of sp³-hybridized carbons (Fsp3) is 0.286. The first-order valence-electron chi connectivity index (χ1n) is 9.01. The number of fused-ring (bicyclic) bond motifs is 1. The lowest BCUT2D eigenvalue weighted by molar-refractivity contribution is -0.134. The lowest BCUT2D eigenvalue weighted by Crippen LogP contribution is -2.46. The summed E-state index contributed by atoms with van der Waals surface area (Å²) in [4.78, 5) is 41.1. The smallest absolute Gasteiger partial charge is 0.319 e. The zero-order valence-corrected chi connectivity index (χ0v) is 15.3. The summed E-state index contributed by atoms with van der Waals surface area (Å²) in [6, 6.07) is 16.3. The SMILES string of the molecule is C[C@H]1Cc2ccccc2N1C(=O)CN1C(=O)N[C@@](C)(c2ccccc2)C1=O. The van der Waals surface area contributed by atoms with Gasteiger partial charge in [-0.25, -0.2) is 4.79 Å². The second kappa shape index (κ2) is 6.23. The van der Waals surface area contributed by atoms with Gasteiger partial charge in [-0.1, -0.05) is 48.5 Å². The fourth-order valence-corrected chi connectivity index (χ4v) is 3.96. The van der Waals surface area contributed by atoms with Crippen LogP contribution in [0.15, 0.2) is 54.6 Å². The third kappa shape index (κ3) is 2.68. The molecule has 1 saturated heterocycles. The molecule has 0 bridgehead atoms. The summed E-state index contributed by atoms with van der Waals surface area (Å²) < 4.78 is 0. The number of hydrogen-bond donors (Lipinski definition) is 1. The van der Waals surface area contributed by atoms with Crippen LogP contribution >= 0.6 is 0 Å². The second-order valence-electron chi connectivity index (χ2n) is 7.26. The number of nitrogens with zero attached hydrogens (tertiary/aromatic N) is 2. The Balaban J connectivity index is 1.57. The van der Waals surface area contributed by atoms with Crippen LogP contribution in [0.3, 0.4) is 0 Å². The van der Waals surface area contributed by atoms with Crippen molar-refractivity contribution in [3.05, 3.63) is 65.7 Å². The topological polar surface area (TPSA) is 69.7 Å². The molecule has 2 aliphatic heterocycles. The largest absolute Gasteiger partial charge is 0.325 e. The minimum Gasteiger partial charge on any atom is -0.319 e. The van der Waals surface area contributed by atoms with Crippen LogP contribution in [0.2, 0.25) is 0 Å². The van der Waals surface area contributed by atoms with Crippen LogP contribution in [0.25, 0.3) is 0 Å². The number of imide groups is 1. The van der Waals surface area contributed by atoms with Crippen LogP contribution in [0.5, 0.6) is 0 Å². The van der Waals surface area contributed by atoms with E-state index in [1.165, 1.54) is 0 Å². The highest BCUT2D eigenvalue weighted by Crippen LogP contribution is 2.33. The average molecular weight is 363 g/mol. The van der Waals surface area contributed by atoms with Gasteiger partial charge in [0.2, 0.25) is 5.91 Å². The maximum Gasteiger partial charge on any atom is 0.325 e. The normalized spacial score (nSPS) is 24.1. The Morgan fingerprint density at radius 2 is 1.78 bits per heavy atom. The predicted octanol–water partition coefficient (Wildman–Crippen LogP) is 2.43. The molecule has 0 unspecified atom stereocenters. The minimum absolute atomic E-state index is 0.00354. The number of urea groups is 1. The summed E-state index contributed by atoms with van der Waals surface area (Å²) in [6.07, 6.45) is 0.768. The molecule has 1 fully saturated rings. The van der Waals surface area contributed by atoms with Crippen LogP contribution in [-0.2, 0) is 21.5 Å². The van der Waals surface area contributed by atoms with Crippen molar-refractivity contribution >= 4 is 23.5 Å². The predicted molar refractivity (Wildman–Crippen MR) is 101 cm³/mol. The maximum absolute atomic E-state index is 13.0. The average Bonchev–Trinajstić information content (AvgIpc) is 3.11. The highest BCUT2D eigenvalue weighted by Gasteiger charge is 2.50. The van der Waals surface area contributed by atoms with Crippen molar-refractivity contribution in [3.63, 3.8) is 0 Å². The lowest BCUT2D eigenvalue weighted by Gasteiger charge is -2.25. The third-order valence-corrected chi connectivity index (χ3v) is 5.40. The Labute approximate surface area is 157 Å². The first-order chi connectivity index (χ1) is 12.9. The molecule has 1 N–H and O–H groups in total. The Kier molecular flexibility index (Phi) is 3.98. The quantitative estimate of drug-likeness (QED) is 0.852. The Hall–Kier alpha value is -3.15. The Morgan fingerprint density at radius 3 is 2.52 bits per heavy atom. The fourth-order valence-electron chi connectivity index (χ4n) is 3.96. The number of anilines is 1. The molecule has 2 aromatic rings. The second-order valence-corrected chi connectivity index (χ2v) is 7.26. The first-order valence-corrected chi connectivity index (χ1v) is 9.01. The molecule has 2 aliphatic rings. The van der Waals surface area contributed by atoms with E-state index in [0.717, 1.165) is 22.6 Å². The summed E-state index contributed by atoms with van der Waals surface area (Å²) in [5.74, 6) is -0.666. The summed E-state index contributed by atoms with van der Waals surface area (Å²) in [5, 5.41) is 2.74. The number of rotatable bonds is 3. The zero-order chi connectivity index (χ0) is 19.2. The number of nitrogens with one attached hydrogen (secondary N) is 1. The Bertz CT molecular complexity index is 927. The summed E-state index contributed by atoms with van der Waals surface area (Å²) >= 11 is 0. The van der Waals surface area contributed by atoms with Crippen LogP contribution in [0.4, 0.5) is 10.5 Å². The summed E-state index contributed by atoms with van der Waals surface area (Å²) in [7, 11) is 0. The molecule has 0 radical (unpaired) electrons. The standard InChI is InChI=1S/C21H21N3O3/c1-14-12-15-8-6-7-11-17(15)24(14)18(25)13-23-19(26)21(2,22-20(23)27)16-9-4-3-5-10-16/h3-11,14H,12-13H2,1-2H3,(H,22,27)/t14-,21-/m0/s1. The molecule has 138 valence electrons. The highest BCUT2D eigenvalue weighted by molar-refractivity contribution is 6.10. The van der Waals surface area contributed by atoms with Gasteiger partial charge < -0.3 is 10.2 Å². The molecule has 0 aromatic heterocycles. The van der Waals surface area contributed by atoms with E-state index >= 15 is 0 Å². The number of hydrogen-bond acceptors (Lipinski definition) is 3. The highest BCUT2D eigenvalue weighted by atomic mass is 16.2. The van der Waals surface area contributed by atoms with Crippen molar-refractivity contribution in [2.75, 3.05) is 11.4 Å². The van der Waals surface area contributed by atoms with Gasteiger partial charge in [0.05, 0.1) is 0 Å². The van der Waals surface area contributed by atoms with E-state index in [9.17, 15) is 14.4 Å². The van der Waals surface area contributed by atoms with Gasteiger partial charge in [0.15, 0.2) is 0 Å². The molecule has 6 nitrogen and oxygen atoms in total. The molecule has 2 aromatic carbocycles. The van der Waals surface area contributed by atoms with Crippen LogP contribution < -0.4 is 10.2 Å². The number of amides is 4. The van der Waals surface area contributed by atoms with Crippen LogP contribution in [-0.4, -0.2) is 35.3 Å². The van der Waals surface area contributed by atoms with E-state index in [4.69, 9.17) is 0 Å². The molecule has 6 heteroatoms. The summed E-state index contributed by atoms with van der Waals surface area (Å²) in [5.41, 5.74) is 1.49. The Morgan fingerprint density at radius 1 is 1.11 bits per heavy atom. The number of carbonyl (C=O) groups is 3. The van der Waals surface area contributed by atoms with Crippen molar-refractivity contribution in [1.29, 1.82) is 0 Å². The van der Waals surface area contributed by atoms with Crippen molar-refractivity contribution in [2.45, 2.75) is 31.8 Å². The molecular formula is C21H21N3O3. The number of carbonyl (C=O) groups excluding carboxylic acids is 3. The van der Waals surface area contributed by atoms with E-state index in [2.05, 4.69) is 5.32 Å². The van der Waals surface area contributed by atoms with Gasteiger partial charge in [-0.15, -0.1) is 0 Å². The minimum atomic E-state index is -1.16. The van der Waals surface area contributed by atoms with Gasteiger partial charge >= 0.3 is 6.03 Å². The van der Waals surface area contributed by atoms with Crippen molar-refractivity contribution in [3.8, 4) is 0 Å². The van der Waals surface area contributed by atoms with E-state index in [1.54, 1.807) is 24.0 Å². The van der Waals surface area contributed by atoms with E-state index in [1.807, 2.05) is 49.4 Å². The van der Waals surface area contributed by atoms with E-state index in [-0.39, 0.29) is 18.5 Å². The van der Waals surface area contributed by atoms with Crippen LogP contribution in [0.1, 0.15) is 25.0 Å². The maximum atomic E-state index is 13.0. The third-order valence-electron chi connectivity index (χ3n) is 5.40. The van der Waals surface area contributed by atoms with Crippen molar-refractivity contribution < 1.29 is 14.4 Å². The van der Waals surface area contributed by atoms with E-state index < -0.39 is 17.5 Å². The molecule has 2 atom stereocenters.